The number of ketones is 1. The van der Waals surface area contributed by atoms with E-state index in [-0.39, 0.29) is 11.6 Å². The second-order valence-corrected chi connectivity index (χ2v) is 5.55. The molecule has 18 heavy (non-hydrogen) atoms. The number of Topliss-reactive ketones (excluding diaryl/α,β-unsaturated/α-hetero) is 1. The predicted octanol–water partition coefficient (Wildman–Crippen LogP) is 4.56. The molecule has 0 aliphatic carbocycles. The Morgan fingerprint density at radius 2 is 1.94 bits per heavy atom. The Morgan fingerprint density at radius 1 is 1.17 bits per heavy atom. The van der Waals surface area contributed by atoms with Gasteiger partial charge in [-0.1, -0.05) is 40.2 Å². The van der Waals surface area contributed by atoms with E-state index < -0.39 is 0 Å². The minimum absolute atomic E-state index is 0.0248. The van der Waals surface area contributed by atoms with E-state index in [1.54, 1.807) is 18.2 Å². The van der Waals surface area contributed by atoms with E-state index in [0.29, 0.717) is 11.3 Å². The molecule has 92 valence electrons. The zero-order valence-corrected chi connectivity index (χ0v) is 11.8. The first kappa shape index (κ1) is 13.3. The third-order valence-corrected chi connectivity index (χ3v) is 4.03. The van der Waals surface area contributed by atoms with Crippen LogP contribution in [-0.4, -0.2) is 11.5 Å². The lowest BCUT2D eigenvalue weighted by Gasteiger charge is -2.03. The number of carbonyl (C=O) groups excluding carboxylic acids is 1. The van der Waals surface area contributed by atoms with Gasteiger partial charge in [0, 0.05) is 14.9 Å². The summed E-state index contributed by atoms with van der Waals surface area (Å²) in [6.07, 6.45) is 0. The topological polar surface area (TPSA) is 17.1 Å². The van der Waals surface area contributed by atoms with Gasteiger partial charge >= 0.3 is 0 Å². The van der Waals surface area contributed by atoms with Crippen LogP contribution in [0, 0.1) is 5.82 Å². The van der Waals surface area contributed by atoms with Crippen molar-refractivity contribution in [3.05, 3.63) is 64.4 Å². The lowest BCUT2D eigenvalue weighted by atomic mass is 10.1. The Morgan fingerprint density at radius 3 is 2.67 bits per heavy atom. The van der Waals surface area contributed by atoms with Crippen molar-refractivity contribution in [2.24, 2.45) is 0 Å². The van der Waals surface area contributed by atoms with Crippen molar-refractivity contribution in [1.29, 1.82) is 0 Å². The van der Waals surface area contributed by atoms with E-state index in [4.69, 9.17) is 0 Å². The highest BCUT2D eigenvalue weighted by Crippen LogP contribution is 2.22. The molecule has 2 aromatic rings. The molecule has 0 heterocycles. The van der Waals surface area contributed by atoms with Crippen LogP contribution in [0.15, 0.2) is 57.9 Å². The average molecular weight is 325 g/mol. The van der Waals surface area contributed by atoms with Crippen molar-refractivity contribution in [2.75, 3.05) is 5.75 Å². The number of rotatable bonds is 4. The first-order valence-electron chi connectivity index (χ1n) is 5.33. The van der Waals surface area contributed by atoms with Crippen LogP contribution >= 0.6 is 27.7 Å². The predicted molar refractivity (Wildman–Crippen MR) is 75.6 cm³/mol. The molecule has 0 radical (unpaired) electrons. The number of thioether (sulfide) groups is 1. The van der Waals surface area contributed by atoms with Gasteiger partial charge < -0.3 is 0 Å². The lowest BCUT2D eigenvalue weighted by molar-refractivity contribution is 0.102. The molecule has 0 spiro atoms. The Balaban J connectivity index is 2.03. The molecular weight excluding hydrogens is 315 g/mol. The maximum atomic E-state index is 13.0. The Labute approximate surface area is 118 Å². The molecule has 4 heteroatoms. The van der Waals surface area contributed by atoms with Crippen LogP contribution in [0.1, 0.15) is 10.4 Å². The van der Waals surface area contributed by atoms with Crippen molar-refractivity contribution in [2.45, 2.75) is 4.90 Å². The van der Waals surface area contributed by atoms with Crippen LogP contribution in [-0.2, 0) is 0 Å². The third-order valence-electron chi connectivity index (χ3n) is 2.34. The first-order chi connectivity index (χ1) is 8.66. The number of benzene rings is 2. The van der Waals surface area contributed by atoms with Crippen LogP contribution in [0.4, 0.5) is 4.39 Å². The van der Waals surface area contributed by atoms with Gasteiger partial charge in [-0.2, -0.15) is 0 Å². The standard InChI is InChI=1S/C14H10BrFOS/c15-13-7-2-1-6-12(13)14(17)9-18-11-5-3-4-10(16)8-11/h1-8H,9H2. The van der Waals surface area contributed by atoms with Gasteiger partial charge in [0.05, 0.1) is 5.75 Å². The highest BCUT2D eigenvalue weighted by atomic mass is 79.9. The normalized spacial score (nSPS) is 10.3. The monoisotopic (exact) mass is 324 g/mol. The average Bonchev–Trinajstić information content (AvgIpc) is 2.37. The summed E-state index contributed by atoms with van der Waals surface area (Å²) < 4.78 is 13.8. The largest absolute Gasteiger partial charge is 0.293 e. The zero-order chi connectivity index (χ0) is 13.0. The molecule has 0 saturated heterocycles. The number of hydrogen-bond donors (Lipinski definition) is 0. The highest BCUT2D eigenvalue weighted by Gasteiger charge is 2.09. The van der Waals surface area contributed by atoms with Gasteiger partial charge in [0.25, 0.3) is 0 Å². The summed E-state index contributed by atoms with van der Waals surface area (Å²) in [6, 6.07) is 13.5. The molecule has 0 saturated carbocycles. The van der Waals surface area contributed by atoms with E-state index in [0.717, 1.165) is 9.37 Å². The maximum absolute atomic E-state index is 13.0. The molecule has 2 aromatic carbocycles. The van der Waals surface area contributed by atoms with Gasteiger partial charge in [-0.3, -0.25) is 4.79 Å². The summed E-state index contributed by atoms with van der Waals surface area (Å²) in [5, 5.41) is 0. The van der Waals surface area contributed by atoms with E-state index in [9.17, 15) is 9.18 Å². The molecule has 0 aliphatic heterocycles. The van der Waals surface area contributed by atoms with Crippen LogP contribution < -0.4 is 0 Å². The second-order valence-electron chi connectivity index (χ2n) is 3.65. The summed E-state index contributed by atoms with van der Waals surface area (Å²) in [7, 11) is 0. The SMILES string of the molecule is O=C(CSc1cccc(F)c1)c1ccccc1Br. The fourth-order valence-electron chi connectivity index (χ4n) is 1.47. The summed E-state index contributed by atoms with van der Waals surface area (Å²) in [6.45, 7) is 0. The number of halogens is 2. The molecule has 1 nitrogen and oxygen atoms in total. The fraction of sp³-hybridized carbons (Fsp3) is 0.0714. The molecular formula is C14H10BrFOS. The van der Waals surface area contributed by atoms with Crippen molar-refractivity contribution < 1.29 is 9.18 Å². The van der Waals surface area contributed by atoms with Gasteiger partial charge in [-0.15, -0.1) is 11.8 Å². The van der Waals surface area contributed by atoms with E-state index in [2.05, 4.69) is 15.9 Å². The van der Waals surface area contributed by atoms with Crippen LogP contribution in [0.3, 0.4) is 0 Å². The maximum Gasteiger partial charge on any atom is 0.174 e. The van der Waals surface area contributed by atoms with Crippen molar-refractivity contribution in [3.8, 4) is 0 Å². The van der Waals surface area contributed by atoms with Gasteiger partial charge in [0.1, 0.15) is 5.82 Å². The Hall–Kier alpha value is -1.13. The molecule has 0 amide bonds. The van der Waals surface area contributed by atoms with Crippen LogP contribution in [0.2, 0.25) is 0 Å². The van der Waals surface area contributed by atoms with E-state index in [1.807, 2.05) is 18.2 Å². The Bertz CT molecular complexity index is 571. The quantitative estimate of drug-likeness (QED) is 0.605. The third kappa shape index (κ3) is 3.43. The molecule has 0 bridgehead atoms. The molecule has 0 fully saturated rings. The zero-order valence-electron chi connectivity index (χ0n) is 9.40. The minimum atomic E-state index is -0.284. The fourth-order valence-corrected chi connectivity index (χ4v) is 2.80. The molecule has 2 rings (SSSR count). The number of carbonyl (C=O) groups is 1. The van der Waals surface area contributed by atoms with Crippen LogP contribution in [0.25, 0.3) is 0 Å². The molecule has 0 N–H and O–H groups in total. The van der Waals surface area contributed by atoms with Crippen LogP contribution in [0.5, 0.6) is 0 Å². The van der Waals surface area contributed by atoms with Crippen molar-refractivity contribution >= 4 is 33.5 Å². The van der Waals surface area contributed by atoms with Crippen molar-refractivity contribution in [1.82, 2.24) is 0 Å². The molecule has 0 atom stereocenters. The van der Waals surface area contributed by atoms with Gasteiger partial charge in [0.15, 0.2) is 5.78 Å². The number of hydrogen-bond acceptors (Lipinski definition) is 2. The molecule has 0 unspecified atom stereocenters. The summed E-state index contributed by atoms with van der Waals surface area (Å²) in [5.41, 5.74) is 0.654. The minimum Gasteiger partial charge on any atom is -0.293 e. The van der Waals surface area contributed by atoms with Gasteiger partial charge in [-0.05, 0) is 24.3 Å². The summed E-state index contributed by atoms with van der Waals surface area (Å²) in [4.78, 5) is 12.7. The first-order valence-corrected chi connectivity index (χ1v) is 7.11. The van der Waals surface area contributed by atoms with Crippen molar-refractivity contribution in [3.63, 3.8) is 0 Å². The smallest absolute Gasteiger partial charge is 0.174 e. The summed E-state index contributed by atoms with van der Waals surface area (Å²) in [5.74, 6) is 0.0385. The van der Waals surface area contributed by atoms with E-state index >= 15 is 0 Å². The Kier molecular flexibility index (Phi) is 4.55. The van der Waals surface area contributed by atoms with Gasteiger partial charge in [0.2, 0.25) is 0 Å². The highest BCUT2D eigenvalue weighted by molar-refractivity contribution is 9.10. The summed E-state index contributed by atoms with van der Waals surface area (Å²) >= 11 is 4.68. The van der Waals surface area contributed by atoms with E-state index in [1.165, 1.54) is 23.9 Å². The second kappa shape index (κ2) is 6.16. The van der Waals surface area contributed by atoms with Gasteiger partial charge in [-0.25, -0.2) is 4.39 Å². The molecule has 0 aliphatic rings. The lowest BCUT2D eigenvalue weighted by Crippen LogP contribution is -2.03. The molecule has 0 aromatic heterocycles.